The molecule has 0 bridgehead atoms. The molecule has 1 aliphatic carbocycles. The number of nitrogens with one attached hydrogen (secondary N) is 2. The lowest BCUT2D eigenvalue weighted by Crippen LogP contribution is -2.41. The standard InChI is InChI=1S/C20H30N2O2S/c1-20(2,3)18(23)22-19(25)21-16-9-11-17(12-10-16)24-14-13-15-7-5-4-6-8-15/h9-12,15H,4-8,13-14H2,1-3H3,(H2,21,22,23,25). The van der Waals surface area contributed by atoms with E-state index >= 15 is 0 Å². The molecule has 1 saturated carbocycles. The molecule has 1 fully saturated rings. The van der Waals surface area contributed by atoms with E-state index in [1.807, 2.05) is 45.0 Å². The summed E-state index contributed by atoms with van der Waals surface area (Å²) in [4.78, 5) is 11.9. The molecule has 2 N–H and O–H groups in total. The normalized spacial score (nSPS) is 15.5. The van der Waals surface area contributed by atoms with Gasteiger partial charge in [-0.15, -0.1) is 0 Å². The molecule has 138 valence electrons. The van der Waals surface area contributed by atoms with Crippen LogP contribution in [0.3, 0.4) is 0 Å². The van der Waals surface area contributed by atoms with Crippen LogP contribution < -0.4 is 15.4 Å². The summed E-state index contributed by atoms with van der Waals surface area (Å²) in [5.74, 6) is 1.59. The Morgan fingerprint density at radius 2 is 1.80 bits per heavy atom. The summed E-state index contributed by atoms with van der Waals surface area (Å²) in [7, 11) is 0. The van der Waals surface area contributed by atoms with E-state index < -0.39 is 5.41 Å². The zero-order valence-corrected chi connectivity index (χ0v) is 16.4. The summed E-state index contributed by atoms with van der Waals surface area (Å²) < 4.78 is 5.85. The second kappa shape index (κ2) is 9.18. The lowest BCUT2D eigenvalue weighted by atomic mass is 9.87. The number of amides is 1. The molecule has 1 amide bonds. The predicted molar refractivity (Wildman–Crippen MR) is 107 cm³/mol. The van der Waals surface area contributed by atoms with Crippen LogP contribution in [0.5, 0.6) is 5.75 Å². The molecule has 1 aromatic carbocycles. The van der Waals surface area contributed by atoms with E-state index in [9.17, 15) is 4.79 Å². The van der Waals surface area contributed by atoms with E-state index in [-0.39, 0.29) is 5.91 Å². The molecule has 0 radical (unpaired) electrons. The fraction of sp³-hybridized carbons (Fsp3) is 0.600. The van der Waals surface area contributed by atoms with Crippen molar-refractivity contribution in [2.24, 2.45) is 11.3 Å². The summed E-state index contributed by atoms with van der Waals surface area (Å²) in [6.45, 7) is 6.33. The van der Waals surface area contributed by atoms with E-state index in [1.54, 1.807) is 0 Å². The predicted octanol–water partition coefficient (Wildman–Crippen LogP) is 4.89. The minimum absolute atomic E-state index is 0.104. The fourth-order valence-electron chi connectivity index (χ4n) is 2.91. The largest absolute Gasteiger partial charge is 0.494 e. The van der Waals surface area contributed by atoms with Crippen LogP contribution in [0.25, 0.3) is 0 Å². The van der Waals surface area contributed by atoms with E-state index in [0.29, 0.717) is 5.11 Å². The smallest absolute Gasteiger partial charge is 0.231 e. The molecule has 0 atom stereocenters. The first kappa shape index (κ1) is 19.7. The third kappa shape index (κ3) is 7.02. The van der Waals surface area contributed by atoms with E-state index in [2.05, 4.69) is 10.6 Å². The Hall–Kier alpha value is -1.62. The van der Waals surface area contributed by atoms with Gasteiger partial charge in [0.25, 0.3) is 0 Å². The average molecular weight is 363 g/mol. The van der Waals surface area contributed by atoms with Gasteiger partial charge in [-0.3, -0.25) is 4.79 Å². The van der Waals surface area contributed by atoms with Gasteiger partial charge in [-0.05, 0) is 48.8 Å². The van der Waals surface area contributed by atoms with Crippen LogP contribution in [0.2, 0.25) is 0 Å². The Morgan fingerprint density at radius 3 is 2.40 bits per heavy atom. The van der Waals surface area contributed by atoms with Gasteiger partial charge in [0.05, 0.1) is 6.61 Å². The van der Waals surface area contributed by atoms with Gasteiger partial charge in [0, 0.05) is 11.1 Å². The number of rotatable bonds is 5. The Kier molecular flexibility index (Phi) is 7.24. The van der Waals surface area contributed by atoms with Gasteiger partial charge < -0.3 is 15.4 Å². The highest BCUT2D eigenvalue weighted by molar-refractivity contribution is 7.80. The Morgan fingerprint density at radius 1 is 1.16 bits per heavy atom. The molecule has 25 heavy (non-hydrogen) atoms. The maximum Gasteiger partial charge on any atom is 0.231 e. The van der Waals surface area contributed by atoms with Crippen molar-refractivity contribution in [3.8, 4) is 5.75 Å². The van der Waals surface area contributed by atoms with Gasteiger partial charge in [-0.2, -0.15) is 0 Å². The molecule has 0 heterocycles. The Balaban J connectivity index is 1.73. The molecule has 2 rings (SSSR count). The molecular weight excluding hydrogens is 332 g/mol. The summed E-state index contributed by atoms with van der Waals surface area (Å²) >= 11 is 5.18. The van der Waals surface area contributed by atoms with Gasteiger partial charge >= 0.3 is 0 Å². The van der Waals surface area contributed by atoms with E-state index in [1.165, 1.54) is 32.1 Å². The topological polar surface area (TPSA) is 50.4 Å². The highest BCUT2D eigenvalue weighted by Gasteiger charge is 2.21. The third-order valence-corrected chi connectivity index (χ3v) is 4.74. The molecule has 1 aromatic rings. The maximum atomic E-state index is 11.9. The summed E-state index contributed by atoms with van der Waals surface area (Å²) in [6, 6.07) is 7.67. The zero-order chi connectivity index (χ0) is 18.3. The summed E-state index contributed by atoms with van der Waals surface area (Å²) in [5, 5.41) is 6.04. The highest BCUT2D eigenvalue weighted by Crippen LogP contribution is 2.26. The summed E-state index contributed by atoms with van der Waals surface area (Å²) in [5.41, 5.74) is 0.362. The fourth-order valence-corrected chi connectivity index (χ4v) is 3.12. The van der Waals surface area contributed by atoms with Crippen LogP contribution in [0, 0.1) is 11.3 Å². The highest BCUT2D eigenvalue weighted by atomic mass is 32.1. The molecule has 4 nitrogen and oxygen atoms in total. The summed E-state index contributed by atoms with van der Waals surface area (Å²) in [6.07, 6.45) is 7.98. The molecule has 0 spiro atoms. The van der Waals surface area contributed by atoms with Gasteiger partial charge in [0.2, 0.25) is 5.91 Å². The number of carbonyl (C=O) groups is 1. The van der Waals surface area contributed by atoms with Crippen LogP contribution in [0.4, 0.5) is 5.69 Å². The second-order valence-corrected chi connectivity index (χ2v) is 8.23. The minimum Gasteiger partial charge on any atom is -0.494 e. The first-order valence-corrected chi connectivity index (χ1v) is 9.61. The van der Waals surface area contributed by atoms with Crippen LogP contribution in [-0.4, -0.2) is 17.6 Å². The second-order valence-electron chi connectivity index (χ2n) is 7.82. The van der Waals surface area contributed by atoms with Crippen molar-refractivity contribution in [2.45, 2.75) is 59.3 Å². The maximum absolute atomic E-state index is 11.9. The van der Waals surface area contributed by atoms with Crippen LogP contribution in [0.1, 0.15) is 59.3 Å². The molecule has 0 unspecified atom stereocenters. The Bertz CT molecular complexity index is 572. The molecule has 1 aliphatic rings. The quantitative estimate of drug-likeness (QED) is 0.732. The monoisotopic (exact) mass is 362 g/mol. The number of hydrogen-bond donors (Lipinski definition) is 2. The SMILES string of the molecule is CC(C)(C)C(=O)NC(=S)Nc1ccc(OCCC2CCCCC2)cc1. The zero-order valence-electron chi connectivity index (χ0n) is 15.6. The lowest BCUT2D eigenvalue weighted by molar-refractivity contribution is -0.126. The lowest BCUT2D eigenvalue weighted by Gasteiger charge is -2.21. The first-order chi connectivity index (χ1) is 11.8. The number of anilines is 1. The first-order valence-electron chi connectivity index (χ1n) is 9.20. The molecular formula is C20H30N2O2S. The molecule has 5 heteroatoms. The van der Waals surface area contributed by atoms with Gasteiger partial charge in [-0.25, -0.2) is 0 Å². The third-order valence-electron chi connectivity index (χ3n) is 4.54. The average Bonchev–Trinajstić information content (AvgIpc) is 2.56. The van der Waals surface area contributed by atoms with Crippen LogP contribution in [0.15, 0.2) is 24.3 Å². The number of carbonyl (C=O) groups excluding carboxylic acids is 1. The van der Waals surface area contributed by atoms with Crippen molar-refractivity contribution in [1.82, 2.24) is 5.32 Å². The van der Waals surface area contributed by atoms with Crippen molar-refractivity contribution in [3.05, 3.63) is 24.3 Å². The van der Waals surface area contributed by atoms with Crippen molar-refractivity contribution in [1.29, 1.82) is 0 Å². The van der Waals surface area contributed by atoms with Crippen LogP contribution in [-0.2, 0) is 4.79 Å². The molecule has 0 aromatic heterocycles. The van der Waals surface area contributed by atoms with E-state index in [0.717, 1.165) is 30.4 Å². The molecule has 0 saturated heterocycles. The number of hydrogen-bond acceptors (Lipinski definition) is 3. The number of ether oxygens (including phenoxy) is 1. The van der Waals surface area contributed by atoms with Crippen molar-refractivity contribution in [2.75, 3.05) is 11.9 Å². The number of benzene rings is 1. The minimum atomic E-state index is -0.470. The van der Waals surface area contributed by atoms with Crippen molar-refractivity contribution in [3.63, 3.8) is 0 Å². The van der Waals surface area contributed by atoms with Crippen LogP contribution >= 0.6 is 12.2 Å². The van der Waals surface area contributed by atoms with Crippen molar-refractivity contribution < 1.29 is 9.53 Å². The van der Waals surface area contributed by atoms with Gasteiger partial charge in [0.1, 0.15) is 5.75 Å². The van der Waals surface area contributed by atoms with Gasteiger partial charge in [-0.1, -0.05) is 52.9 Å². The van der Waals surface area contributed by atoms with Gasteiger partial charge in [0.15, 0.2) is 5.11 Å². The number of thiocarbonyl (C=S) groups is 1. The Labute approximate surface area is 156 Å². The van der Waals surface area contributed by atoms with Crippen molar-refractivity contribution >= 4 is 28.9 Å². The van der Waals surface area contributed by atoms with E-state index in [4.69, 9.17) is 17.0 Å². The molecule has 0 aliphatic heterocycles.